The molecule has 1 unspecified atom stereocenters. The molecule has 10 nitrogen and oxygen atoms in total. The van der Waals surface area contributed by atoms with E-state index in [1.54, 1.807) is 30.5 Å². The van der Waals surface area contributed by atoms with Crippen molar-refractivity contribution in [2.45, 2.75) is 18.4 Å². The van der Waals surface area contributed by atoms with Gasteiger partial charge in [-0.25, -0.2) is 9.59 Å². The zero-order chi connectivity index (χ0) is 16.3. The van der Waals surface area contributed by atoms with Crippen LogP contribution in [0, 0.1) is 0 Å². The molecule has 1 atom stereocenters. The second kappa shape index (κ2) is 8.06. The number of nitrogens with zero attached hydrogens (tertiary/aromatic N) is 1. The highest BCUT2D eigenvalue weighted by molar-refractivity contribution is 6.36. The van der Waals surface area contributed by atoms with E-state index in [2.05, 4.69) is 10.1 Å². The maximum atomic E-state index is 11.4. The van der Waals surface area contributed by atoms with Gasteiger partial charge in [0.15, 0.2) is 11.3 Å². The number of aromatic amines is 1. The number of rotatable bonds is 6. The Labute approximate surface area is 136 Å². The lowest BCUT2D eigenvalue weighted by Gasteiger charge is -2.22. The number of H-pyrrole nitrogens is 1. The Kier molecular flexibility index (Phi) is 7.07. The van der Waals surface area contributed by atoms with Crippen molar-refractivity contribution in [2.75, 3.05) is 0 Å². The van der Waals surface area contributed by atoms with Crippen LogP contribution in [0.25, 0.3) is 10.9 Å². The van der Waals surface area contributed by atoms with E-state index in [4.69, 9.17) is 10.3 Å². The minimum Gasteiger partial charge on any atom is -0.479 e. The van der Waals surface area contributed by atoms with Gasteiger partial charge >= 0.3 is 11.9 Å². The van der Waals surface area contributed by atoms with Crippen LogP contribution in [0.1, 0.15) is 12.0 Å². The highest BCUT2D eigenvalue weighted by Gasteiger charge is 2.40. The van der Waals surface area contributed by atoms with Crippen molar-refractivity contribution in [3.63, 3.8) is 0 Å². The second-order valence-corrected chi connectivity index (χ2v) is 4.90. The molecule has 1 aromatic heterocycles. The lowest BCUT2D eigenvalue weighted by atomic mass is 9.89. The molecule has 11 N–H and O–H groups in total. The molecule has 0 spiro atoms. The molecule has 0 bridgehead atoms. The average molecular weight is 340 g/mol. The summed E-state index contributed by atoms with van der Waals surface area (Å²) in [4.78, 5) is 25.2. The lowest BCUT2D eigenvalue weighted by molar-refractivity contribution is -0.157. The standard InChI is InChI=1S/C14H14N2O6.2H3N/c17-12(18)11(16-22)6-14(21,13(19)20)5-8-7-15-10-4-2-1-3-9(8)10;;/h1-4,7,15,21-22H,5-6H2,(H,17,18)(H,19,20);2*1H3/b16-11+;;. The van der Waals surface area contributed by atoms with Crippen LogP contribution in [-0.4, -0.2) is 48.8 Å². The summed E-state index contributed by atoms with van der Waals surface area (Å²) in [6, 6.07) is 7.10. The third kappa shape index (κ3) is 4.07. The first kappa shape index (κ1) is 21.0. The summed E-state index contributed by atoms with van der Waals surface area (Å²) >= 11 is 0. The number of fused-ring (bicyclic) bond motifs is 1. The molecule has 0 saturated carbocycles. The quantitative estimate of drug-likeness (QED) is 0.229. The van der Waals surface area contributed by atoms with Crippen molar-refractivity contribution in [2.24, 2.45) is 5.16 Å². The molecule has 2 aromatic rings. The number of benzene rings is 1. The molecular weight excluding hydrogens is 320 g/mol. The normalized spacial score (nSPS) is 13.5. The first-order chi connectivity index (χ1) is 10.4. The number of aliphatic carboxylic acids is 2. The maximum Gasteiger partial charge on any atom is 0.353 e. The topological polar surface area (TPSA) is 213 Å². The molecule has 132 valence electrons. The Hall–Kier alpha value is -2.95. The van der Waals surface area contributed by atoms with E-state index in [1.165, 1.54) is 0 Å². The van der Waals surface area contributed by atoms with Gasteiger partial charge in [-0.3, -0.25) is 0 Å². The van der Waals surface area contributed by atoms with Gasteiger partial charge in [0.2, 0.25) is 0 Å². The maximum absolute atomic E-state index is 11.4. The van der Waals surface area contributed by atoms with Gasteiger partial charge < -0.3 is 37.8 Å². The molecule has 1 heterocycles. The van der Waals surface area contributed by atoms with Crippen LogP contribution in [0.15, 0.2) is 35.6 Å². The molecule has 0 aliphatic carbocycles. The van der Waals surface area contributed by atoms with Crippen molar-refractivity contribution in [1.82, 2.24) is 17.3 Å². The fourth-order valence-corrected chi connectivity index (χ4v) is 2.24. The van der Waals surface area contributed by atoms with Crippen molar-refractivity contribution in [3.05, 3.63) is 36.0 Å². The highest BCUT2D eigenvalue weighted by atomic mass is 16.4. The van der Waals surface area contributed by atoms with Gasteiger partial charge in [0, 0.05) is 29.9 Å². The van der Waals surface area contributed by atoms with Gasteiger partial charge in [0.25, 0.3) is 0 Å². The molecule has 0 aliphatic rings. The number of oxime groups is 1. The van der Waals surface area contributed by atoms with Crippen molar-refractivity contribution in [1.29, 1.82) is 0 Å². The smallest absolute Gasteiger partial charge is 0.353 e. The number of carboxylic acid groups (broad SMARTS) is 2. The number of nitrogens with one attached hydrogen (secondary N) is 1. The summed E-state index contributed by atoms with van der Waals surface area (Å²) in [7, 11) is 0. The Morgan fingerprint density at radius 2 is 1.79 bits per heavy atom. The number of carboxylic acids is 2. The first-order valence-corrected chi connectivity index (χ1v) is 6.32. The predicted octanol–water partition coefficient (Wildman–Crippen LogP) is 1.15. The third-order valence-corrected chi connectivity index (χ3v) is 3.38. The van der Waals surface area contributed by atoms with Crippen molar-refractivity contribution < 1.29 is 30.1 Å². The number of para-hydroxylation sites is 1. The number of hydrogen-bond acceptors (Lipinski definition) is 7. The van der Waals surface area contributed by atoms with E-state index in [-0.39, 0.29) is 18.7 Å². The van der Waals surface area contributed by atoms with Gasteiger partial charge in [-0.15, -0.1) is 0 Å². The van der Waals surface area contributed by atoms with E-state index >= 15 is 0 Å². The summed E-state index contributed by atoms with van der Waals surface area (Å²) < 4.78 is 0. The number of aliphatic hydroxyl groups is 1. The largest absolute Gasteiger partial charge is 0.479 e. The SMILES string of the molecule is N.N.O=C(O)/C(CC(O)(Cc1c[nH]c2ccccc12)C(=O)O)=N/O. The van der Waals surface area contributed by atoms with Crippen molar-refractivity contribution in [3.8, 4) is 0 Å². The van der Waals surface area contributed by atoms with Crippen LogP contribution in [0.2, 0.25) is 0 Å². The molecule has 0 aliphatic heterocycles. The Morgan fingerprint density at radius 3 is 2.33 bits per heavy atom. The molecule has 2 rings (SSSR count). The summed E-state index contributed by atoms with van der Waals surface area (Å²) in [5.74, 6) is -3.19. The van der Waals surface area contributed by atoms with E-state index < -0.39 is 29.7 Å². The first-order valence-electron chi connectivity index (χ1n) is 6.32. The van der Waals surface area contributed by atoms with E-state index in [9.17, 15) is 19.8 Å². The van der Waals surface area contributed by atoms with E-state index in [0.29, 0.717) is 5.56 Å². The molecule has 0 saturated heterocycles. The predicted molar refractivity (Wildman–Crippen MR) is 86.1 cm³/mol. The highest BCUT2D eigenvalue weighted by Crippen LogP contribution is 2.25. The van der Waals surface area contributed by atoms with Crippen LogP contribution in [0.3, 0.4) is 0 Å². The monoisotopic (exact) mass is 340 g/mol. The van der Waals surface area contributed by atoms with Crippen molar-refractivity contribution >= 4 is 28.6 Å². The Morgan fingerprint density at radius 1 is 1.17 bits per heavy atom. The summed E-state index contributed by atoms with van der Waals surface area (Å²) in [5.41, 5.74) is -1.95. The van der Waals surface area contributed by atoms with E-state index in [1.807, 2.05) is 0 Å². The zero-order valence-electron chi connectivity index (χ0n) is 12.8. The zero-order valence-corrected chi connectivity index (χ0v) is 12.8. The Balaban J connectivity index is 0.00000264. The van der Waals surface area contributed by atoms with Crippen LogP contribution in [-0.2, 0) is 16.0 Å². The van der Waals surface area contributed by atoms with Gasteiger partial charge in [-0.05, 0) is 11.6 Å². The third-order valence-electron chi connectivity index (χ3n) is 3.38. The molecule has 10 heteroatoms. The summed E-state index contributed by atoms with van der Waals surface area (Å²) in [6.07, 6.45) is 0.390. The van der Waals surface area contributed by atoms with Crippen LogP contribution in [0.4, 0.5) is 0 Å². The van der Waals surface area contributed by atoms with E-state index in [0.717, 1.165) is 10.9 Å². The molecule has 0 amide bonds. The molecule has 1 aromatic carbocycles. The fraction of sp³-hybridized carbons (Fsp3) is 0.214. The fourth-order valence-electron chi connectivity index (χ4n) is 2.24. The van der Waals surface area contributed by atoms with Gasteiger partial charge in [-0.2, -0.15) is 0 Å². The van der Waals surface area contributed by atoms with Crippen LogP contribution >= 0.6 is 0 Å². The number of carbonyl (C=O) groups is 2. The minimum absolute atomic E-state index is 0. The molecule has 24 heavy (non-hydrogen) atoms. The minimum atomic E-state index is -2.40. The lowest BCUT2D eigenvalue weighted by Crippen LogP contribution is -2.44. The average Bonchev–Trinajstić information content (AvgIpc) is 2.87. The summed E-state index contributed by atoms with van der Waals surface area (Å²) in [6.45, 7) is 0. The van der Waals surface area contributed by atoms with Gasteiger partial charge in [0.05, 0.1) is 0 Å². The number of hydrogen-bond donors (Lipinski definition) is 7. The molecule has 0 radical (unpaired) electrons. The second-order valence-electron chi connectivity index (χ2n) is 4.90. The number of aromatic nitrogens is 1. The summed E-state index contributed by atoms with van der Waals surface area (Å²) in [5, 5.41) is 40.2. The molecule has 0 fully saturated rings. The Bertz CT molecular complexity index is 757. The van der Waals surface area contributed by atoms with Crippen LogP contribution < -0.4 is 12.3 Å². The molecular formula is C14H20N4O6. The van der Waals surface area contributed by atoms with Crippen LogP contribution in [0.5, 0.6) is 0 Å². The van der Waals surface area contributed by atoms with Gasteiger partial charge in [-0.1, -0.05) is 23.4 Å². The van der Waals surface area contributed by atoms with Gasteiger partial charge in [0.1, 0.15) is 0 Å².